The maximum absolute atomic E-state index is 16.2. The lowest BCUT2D eigenvalue weighted by Crippen LogP contribution is -2.87. The van der Waals surface area contributed by atoms with Crippen molar-refractivity contribution < 1.29 is 68.1 Å². The molecule has 0 amide bonds. The third-order valence-corrected chi connectivity index (χ3v) is 14.5. The molecule has 0 aromatic carbocycles. The molecule has 24 heteroatoms. The van der Waals surface area contributed by atoms with E-state index in [4.69, 9.17) is 40.1 Å². The van der Waals surface area contributed by atoms with Crippen LogP contribution in [-0.4, -0.2) is 156 Å². The first kappa shape index (κ1) is 57.9. The Kier molecular flexibility index (Phi) is 19.9. The summed E-state index contributed by atoms with van der Waals surface area (Å²) in [5.74, 6) is -23.9. The number of hydrogen-bond donors (Lipinski definition) is 12. The van der Waals surface area contributed by atoms with Crippen LogP contribution in [0.2, 0.25) is 0 Å². The monoisotopic (exact) mass is 955 g/mol. The van der Waals surface area contributed by atoms with Crippen LogP contribution in [0, 0.1) is 23.2 Å². The normalized spacial score (nSPS) is 22.9. The minimum absolute atomic E-state index is 0.0118. The topological polar surface area (TPSA) is 455 Å². The Hall–Kier alpha value is -4.24. The van der Waals surface area contributed by atoms with E-state index in [1.54, 1.807) is 0 Å². The van der Waals surface area contributed by atoms with Gasteiger partial charge in [-0.25, -0.2) is 4.79 Å². The lowest BCUT2D eigenvalue weighted by molar-refractivity contribution is -0.172. The Bertz CT molecular complexity index is 1890. The van der Waals surface area contributed by atoms with E-state index >= 15 is 38.4 Å². The molecule has 11 unspecified atom stereocenters. The molecule has 2 fully saturated rings. The summed E-state index contributed by atoms with van der Waals surface area (Å²) in [6, 6.07) is -16.7. The lowest BCUT2D eigenvalue weighted by atomic mass is 9.49. The third kappa shape index (κ3) is 10.4. The highest BCUT2D eigenvalue weighted by Gasteiger charge is 2.84. The molecular formula is C42H69N9O14S. The molecule has 0 spiro atoms. The van der Waals surface area contributed by atoms with Crippen molar-refractivity contribution in [1.82, 2.24) is 10.6 Å². The van der Waals surface area contributed by atoms with Crippen molar-refractivity contribution in [2.45, 2.75) is 157 Å². The van der Waals surface area contributed by atoms with Crippen molar-refractivity contribution in [3.63, 3.8) is 0 Å². The van der Waals surface area contributed by atoms with Gasteiger partial charge in [0.05, 0.1) is 54.8 Å². The average Bonchev–Trinajstić information content (AvgIpc) is 4.00. The smallest absolute Gasteiger partial charge is 0.333 e. The van der Waals surface area contributed by atoms with Crippen LogP contribution in [0.5, 0.6) is 0 Å². The van der Waals surface area contributed by atoms with E-state index in [9.17, 15) is 29.7 Å². The van der Waals surface area contributed by atoms with Crippen LogP contribution in [0.15, 0.2) is 0 Å². The Balaban J connectivity index is 3.96. The summed E-state index contributed by atoms with van der Waals surface area (Å²) >= 11 is -0.644. The van der Waals surface area contributed by atoms with Crippen LogP contribution < -0.4 is 50.8 Å². The number of carboxylic acids is 3. The van der Waals surface area contributed by atoms with Crippen molar-refractivity contribution in [1.29, 1.82) is 0 Å². The van der Waals surface area contributed by atoms with Crippen molar-refractivity contribution in [2.24, 2.45) is 63.3 Å². The summed E-state index contributed by atoms with van der Waals surface area (Å²) in [6.07, 6.45) is -3.52. The Morgan fingerprint density at radius 2 is 1.00 bits per heavy atom. The lowest BCUT2D eigenvalue weighted by Gasteiger charge is -2.56. The maximum atomic E-state index is 16.2. The van der Waals surface area contributed by atoms with Gasteiger partial charge in [-0.1, -0.05) is 41.5 Å². The second kappa shape index (κ2) is 22.7. The van der Waals surface area contributed by atoms with Gasteiger partial charge in [-0.2, -0.15) is 0 Å². The van der Waals surface area contributed by atoms with Gasteiger partial charge in [-0.05, 0) is 69.9 Å². The number of thioether (sulfide) groups is 1. The van der Waals surface area contributed by atoms with Crippen LogP contribution in [0.25, 0.3) is 0 Å². The number of Topliss-reactive ketones (excluding diaryl/α,β-unsaturated/α-hetero) is 8. The molecule has 0 aromatic rings. The second-order valence-electron chi connectivity index (χ2n) is 18.4. The molecule has 66 heavy (non-hydrogen) atoms. The highest BCUT2D eigenvalue weighted by atomic mass is 32.2. The largest absolute Gasteiger partial charge is 0.481 e. The molecule has 0 bridgehead atoms. The number of carbonyl (C=O) groups excluding carboxylic acids is 8. The first-order valence-corrected chi connectivity index (χ1v) is 22.7. The zero-order chi connectivity index (χ0) is 51.2. The highest BCUT2D eigenvalue weighted by molar-refractivity contribution is 8.06. The molecule has 2 heterocycles. The molecule has 11 atom stereocenters. The number of carbonyl (C=O) groups is 11. The molecular weight excluding hydrogens is 887 g/mol. The molecule has 2 aliphatic rings. The third-order valence-electron chi connectivity index (χ3n) is 12.6. The van der Waals surface area contributed by atoms with Gasteiger partial charge >= 0.3 is 17.9 Å². The van der Waals surface area contributed by atoms with Gasteiger partial charge in [0.2, 0.25) is 0 Å². The van der Waals surface area contributed by atoms with E-state index in [1.807, 2.05) is 0 Å². The van der Waals surface area contributed by atoms with Gasteiger partial charge in [0.1, 0.15) is 0 Å². The Morgan fingerprint density at radius 1 is 0.576 bits per heavy atom. The van der Waals surface area contributed by atoms with Gasteiger partial charge in [-0.15, -0.1) is 11.8 Å². The molecule has 372 valence electrons. The minimum atomic E-state index is -4.54. The molecule has 2 saturated heterocycles. The number of nitrogens with two attached hydrogens (primary N) is 7. The van der Waals surface area contributed by atoms with Crippen molar-refractivity contribution >= 4 is 75.9 Å². The summed E-state index contributed by atoms with van der Waals surface area (Å²) in [4.78, 5) is 165. The van der Waals surface area contributed by atoms with Crippen LogP contribution in [0.4, 0.5) is 0 Å². The Morgan fingerprint density at radius 3 is 1.35 bits per heavy atom. The zero-order valence-corrected chi connectivity index (χ0v) is 39.3. The van der Waals surface area contributed by atoms with E-state index in [0.29, 0.717) is 0 Å². The standard InChI is InChI=1S/C42H69N9O14S/c1-17(2)27(46)35(61)39(36(62)28(47)18(3)4,33(59)23-10-8-14-50-23)66-42(30(56)20(7)43,32(58)21(44)12-13-25(52)53)40(37(63)29(48)19(5)6,31(57)22(45)16-26(54)55)41(49,38(64)65)34(60)24-11-9-15-51-24/h17-24,27-29,50-51H,8-16,43-49H2,1-7H3,(H,52,53)(H,54,55)(H,64,65). The zero-order valence-electron chi connectivity index (χ0n) is 38.5. The predicted octanol–water partition coefficient (Wildman–Crippen LogP) is -3.69. The maximum Gasteiger partial charge on any atom is 0.333 e. The van der Waals surface area contributed by atoms with Gasteiger partial charge in [-0.3, -0.25) is 47.9 Å². The van der Waals surface area contributed by atoms with Crippen LogP contribution in [0.1, 0.15) is 93.4 Å². The summed E-state index contributed by atoms with van der Waals surface area (Å²) < 4.78 is -8.02. The number of aliphatic carboxylic acids is 3. The van der Waals surface area contributed by atoms with E-state index in [2.05, 4.69) is 10.6 Å². The van der Waals surface area contributed by atoms with Crippen LogP contribution in [0.3, 0.4) is 0 Å². The molecule has 23 nitrogen and oxygen atoms in total. The number of carboxylic acid groups (broad SMARTS) is 3. The molecule has 2 aliphatic heterocycles. The fourth-order valence-corrected chi connectivity index (χ4v) is 10.7. The average molecular weight is 956 g/mol. The Labute approximate surface area is 386 Å². The predicted molar refractivity (Wildman–Crippen MR) is 239 cm³/mol. The van der Waals surface area contributed by atoms with Gasteiger partial charge in [0.15, 0.2) is 66.7 Å². The molecule has 0 radical (unpaired) electrons. The van der Waals surface area contributed by atoms with Crippen LogP contribution >= 0.6 is 11.8 Å². The second-order valence-corrected chi connectivity index (χ2v) is 19.8. The molecule has 19 N–H and O–H groups in total. The fourth-order valence-electron chi connectivity index (χ4n) is 8.51. The summed E-state index contributed by atoms with van der Waals surface area (Å²) in [5, 5.41) is 36.9. The van der Waals surface area contributed by atoms with E-state index in [-0.39, 0.29) is 38.8 Å². The van der Waals surface area contributed by atoms with E-state index < -0.39 is 182 Å². The highest BCUT2D eigenvalue weighted by Crippen LogP contribution is 2.59. The van der Waals surface area contributed by atoms with Gasteiger partial charge in [0, 0.05) is 6.42 Å². The molecule has 0 saturated carbocycles. The number of ketones is 8. The van der Waals surface area contributed by atoms with Gasteiger partial charge < -0.3 is 66.1 Å². The van der Waals surface area contributed by atoms with Crippen molar-refractivity contribution in [2.75, 3.05) is 13.1 Å². The first-order chi connectivity index (χ1) is 30.3. The van der Waals surface area contributed by atoms with Crippen LogP contribution in [-0.2, 0) is 52.7 Å². The summed E-state index contributed by atoms with van der Waals surface area (Å²) in [7, 11) is 0. The quantitative estimate of drug-likeness (QED) is 0.0321. The number of nitrogens with one attached hydrogen (secondary N) is 2. The van der Waals surface area contributed by atoms with E-state index in [1.165, 1.54) is 41.5 Å². The molecule has 0 aliphatic carbocycles. The van der Waals surface area contributed by atoms with Crippen molar-refractivity contribution in [3.05, 3.63) is 0 Å². The fraction of sp³-hybridized carbons (Fsp3) is 0.738. The minimum Gasteiger partial charge on any atom is -0.481 e. The summed E-state index contributed by atoms with van der Waals surface area (Å²) in [5.41, 5.74) is 36.8. The molecule has 0 aromatic heterocycles. The first-order valence-electron chi connectivity index (χ1n) is 21.8. The SMILES string of the molecule is CC(N)C(=O)C(SC(C(=O)C1CCCN1)(C(=O)C(N)C(C)C)C(=O)C(N)C(C)C)(C(=O)C(N)CCC(=O)O)C(C(=O)C(N)CC(=O)O)(C(=O)C(N)C(C)C)C(N)(C(=O)O)C(=O)C1CCCN1. The van der Waals surface area contributed by atoms with Gasteiger partial charge in [0.25, 0.3) is 0 Å². The summed E-state index contributed by atoms with van der Waals surface area (Å²) in [6.45, 7) is 9.05. The number of hydrogen-bond acceptors (Lipinski definition) is 21. The van der Waals surface area contributed by atoms with Crippen molar-refractivity contribution in [3.8, 4) is 0 Å². The number of rotatable bonds is 29. The molecule has 2 rings (SSSR count). The van der Waals surface area contributed by atoms with E-state index in [0.717, 1.165) is 6.92 Å².